The molecular weight excluding hydrogens is 266 g/mol. The zero-order chi connectivity index (χ0) is 15.3. The molecule has 0 radical (unpaired) electrons. The summed E-state index contributed by atoms with van der Waals surface area (Å²) in [5.74, 6) is -2.77. The first kappa shape index (κ1) is 15.7. The van der Waals surface area contributed by atoms with Gasteiger partial charge in [-0.25, -0.2) is 14.6 Å². The van der Waals surface area contributed by atoms with E-state index in [9.17, 15) is 14.4 Å². The second-order valence-corrected chi connectivity index (χ2v) is 4.29. The van der Waals surface area contributed by atoms with Gasteiger partial charge < -0.3 is 20.1 Å². The Labute approximate surface area is 115 Å². The number of esters is 1. The fourth-order valence-corrected chi connectivity index (χ4v) is 1.64. The van der Waals surface area contributed by atoms with Gasteiger partial charge in [0, 0.05) is 0 Å². The third kappa shape index (κ3) is 3.34. The normalized spacial score (nSPS) is 13.3. The summed E-state index contributed by atoms with van der Waals surface area (Å²) in [4.78, 5) is 40.6. The topological polar surface area (TPSA) is 121 Å². The molecule has 1 amide bonds. The van der Waals surface area contributed by atoms with Gasteiger partial charge in [0.2, 0.25) is 0 Å². The highest BCUT2D eigenvalue weighted by atomic mass is 16.5. The fourth-order valence-electron chi connectivity index (χ4n) is 1.64. The number of aromatic amines is 1. The van der Waals surface area contributed by atoms with Crippen LogP contribution in [0.5, 0.6) is 0 Å². The van der Waals surface area contributed by atoms with Gasteiger partial charge in [-0.1, -0.05) is 20.3 Å². The van der Waals surface area contributed by atoms with E-state index in [1.165, 1.54) is 7.11 Å². The number of carbonyl (C=O) groups excluding carboxylic acids is 2. The number of H-pyrrole nitrogens is 1. The van der Waals surface area contributed by atoms with Crippen LogP contribution < -0.4 is 5.32 Å². The molecule has 0 aliphatic heterocycles. The zero-order valence-corrected chi connectivity index (χ0v) is 11.5. The van der Waals surface area contributed by atoms with E-state index in [2.05, 4.69) is 20.0 Å². The van der Waals surface area contributed by atoms with E-state index in [1.54, 1.807) is 6.92 Å². The Bertz CT molecular complexity index is 511. The van der Waals surface area contributed by atoms with Crippen molar-refractivity contribution in [3.05, 3.63) is 17.7 Å². The number of aromatic carboxylic acids is 1. The summed E-state index contributed by atoms with van der Waals surface area (Å²) in [5, 5.41) is 11.4. The average molecular weight is 283 g/mol. The average Bonchev–Trinajstić information content (AvgIpc) is 2.92. The Morgan fingerprint density at radius 1 is 1.50 bits per heavy atom. The van der Waals surface area contributed by atoms with E-state index in [-0.39, 0.29) is 17.3 Å². The molecule has 0 spiro atoms. The monoisotopic (exact) mass is 283 g/mol. The first-order chi connectivity index (χ1) is 9.42. The quantitative estimate of drug-likeness (QED) is 0.651. The Hall–Kier alpha value is -2.38. The highest BCUT2D eigenvalue weighted by Crippen LogP contribution is 2.11. The number of hydrogen-bond acceptors (Lipinski definition) is 5. The van der Waals surface area contributed by atoms with Gasteiger partial charge in [-0.15, -0.1) is 0 Å². The second-order valence-electron chi connectivity index (χ2n) is 4.29. The molecule has 1 aromatic heterocycles. The van der Waals surface area contributed by atoms with Gasteiger partial charge in [0.15, 0.2) is 11.4 Å². The van der Waals surface area contributed by atoms with E-state index >= 15 is 0 Å². The lowest BCUT2D eigenvalue weighted by molar-refractivity contribution is -0.144. The summed E-state index contributed by atoms with van der Waals surface area (Å²) in [6.45, 7) is 3.65. The van der Waals surface area contributed by atoms with E-state index in [4.69, 9.17) is 5.11 Å². The number of methoxy groups -OCH3 is 1. The highest BCUT2D eigenvalue weighted by Gasteiger charge is 2.29. The van der Waals surface area contributed by atoms with Crippen LogP contribution in [0.3, 0.4) is 0 Å². The maximum atomic E-state index is 12.0. The van der Waals surface area contributed by atoms with Crippen LogP contribution >= 0.6 is 0 Å². The lowest BCUT2D eigenvalue weighted by atomic mass is 9.99. The Morgan fingerprint density at radius 2 is 2.15 bits per heavy atom. The van der Waals surface area contributed by atoms with Gasteiger partial charge in [-0.3, -0.25) is 4.79 Å². The summed E-state index contributed by atoms with van der Waals surface area (Å²) in [6, 6.07) is -0.851. The molecule has 8 nitrogen and oxygen atoms in total. The molecule has 3 N–H and O–H groups in total. The predicted molar refractivity (Wildman–Crippen MR) is 68.3 cm³/mol. The van der Waals surface area contributed by atoms with Crippen LogP contribution in [-0.2, 0) is 9.53 Å². The first-order valence-electron chi connectivity index (χ1n) is 6.07. The third-order valence-electron chi connectivity index (χ3n) is 3.02. The fraction of sp³-hybridized carbons (Fsp3) is 0.500. The summed E-state index contributed by atoms with van der Waals surface area (Å²) >= 11 is 0. The van der Waals surface area contributed by atoms with Gasteiger partial charge >= 0.3 is 11.9 Å². The van der Waals surface area contributed by atoms with E-state index in [0.717, 1.165) is 6.33 Å². The van der Waals surface area contributed by atoms with Crippen molar-refractivity contribution in [2.45, 2.75) is 26.3 Å². The molecular formula is C12H17N3O5. The molecule has 8 heteroatoms. The molecule has 1 rings (SSSR count). The molecule has 0 saturated heterocycles. The van der Waals surface area contributed by atoms with Crippen molar-refractivity contribution in [1.29, 1.82) is 0 Å². The van der Waals surface area contributed by atoms with Crippen LogP contribution in [0, 0.1) is 5.92 Å². The Balaban J connectivity index is 2.93. The number of nitrogens with zero attached hydrogens (tertiary/aromatic N) is 1. The number of carboxylic acids is 1. The molecule has 20 heavy (non-hydrogen) atoms. The lowest BCUT2D eigenvalue weighted by Gasteiger charge is -2.21. The molecule has 0 aromatic carbocycles. The Kier molecular flexibility index (Phi) is 5.24. The van der Waals surface area contributed by atoms with Crippen LogP contribution in [-0.4, -0.2) is 46.1 Å². The van der Waals surface area contributed by atoms with Crippen molar-refractivity contribution in [2.75, 3.05) is 7.11 Å². The minimum Gasteiger partial charge on any atom is -0.477 e. The summed E-state index contributed by atoms with van der Waals surface area (Å²) < 4.78 is 4.63. The van der Waals surface area contributed by atoms with Crippen LogP contribution in [0.25, 0.3) is 0 Å². The predicted octanol–water partition coefficient (Wildman–Crippen LogP) is 0.425. The van der Waals surface area contributed by atoms with Crippen LogP contribution in [0.15, 0.2) is 6.33 Å². The standard InChI is InChI=1S/C12H17N3O5/c1-4-6(2)7(12(19)20-3)15-10(16)8-9(11(17)18)14-5-13-8/h5-7H,4H2,1-3H3,(H,13,14)(H,15,16)(H,17,18). The van der Waals surface area contributed by atoms with Crippen molar-refractivity contribution in [2.24, 2.45) is 5.92 Å². The number of imidazole rings is 1. The molecule has 1 aromatic rings. The highest BCUT2D eigenvalue weighted by molar-refractivity contribution is 6.03. The van der Waals surface area contributed by atoms with Crippen LogP contribution in [0.4, 0.5) is 0 Å². The molecule has 0 aliphatic carbocycles. The minimum atomic E-state index is -1.30. The number of aromatic nitrogens is 2. The number of rotatable bonds is 6. The molecule has 0 aliphatic rings. The minimum absolute atomic E-state index is 0.154. The zero-order valence-electron chi connectivity index (χ0n) is 11.5. The van der Waals surface area contributed by atoms with Crippen molar-refractivity contribution >= 4 is 17.8 Å². The lowest BCUT2D eigenvalue weighted by Crippen LogP contribution is -2.46. The maximum absolute atomic E-state index is 12.0. The molecule has 0 fully saturated rings. The third-order valence-corrected chi connectivity index (χ3v) is 3.02. The van der Waals surface area contributed by atoms with Crippen LogP contribution in [0.2, 0.25) is 0 Å². The SMILES string of the molecule is CCC(C)C(NC(=O)c1nc[nH]c1C(=O)O)C(=O)OC. The summed E-state index contributed by atoms with van der Waals surface area (Å²) in [5.41, 5.74) is -0.593. The van der Waals surface area contributed by atoms with Crippen molar-refractivity contribution in [3.8, 4) is 0 Å². The number of carbonyl (C=O) groups is 3. The van der Waals surface area contributed by atoms with Gasteiger partial charge in [0.05, 0.1) is 13.4 Å². The number of amides is 1. The van der Waals surface area contributed by atoms with Crippen molar-refractivity contribution < 1.29 is 24.2 Å². The molecule has 0 bridgehead atoms. The molecule has 110 valence electrons. The van der Waals surface area contributed by atoms with Gasteiger partial charge in [-0.05, 0) is 5.92 Å². The van der Waals surface area contributed by atoms with Gasteiger partial charge in [0.1, 0.15) is 6.04 Å². The van der Waals surface area contributed by atoms with Gasteiger partial charge in [-0.2, -0.15) is 0 Å². The smallest absolute Gasteiger partial charge is 0.354 e. The van der Waals surface area contributed by atoms with E-state index in [0.29, 0.717) is 6.42 Å². The van der Waals surface area contributed by atoms with Gasteiger partial charge in [0.25, 0.3) is 5.91 Å². The maximum Gasteiger partial charge on any atom is 0.354 e. The van der Waals surface area contributed by atoms with Crippen molar-refractivity contribution in [1.82, 2.24) is 15.3 Å². The molecule has 0 saturated carbocycles. The van der Waals surface area contributed by atoms with E-state index < -0.39 is 23.9 Å². The largest absolute Gasteiger partial charge is 0.477 e. The van der Waals surface area contributed by atoms with Crippen molar-refractivity contribution in [3.63, 3.8) is 0 Å². The number of ether oxygens (including phenoxy) is 1. The molecule has 1 heterocycles. The Morgan fingerprint density at radius 3 is 2.65 bits per heavy atom. The molecule has 2 atom stereocenters. The number of nitrogens with one attached hydrogen (secondary N) is 2. The first-order valence-corrected chi connectivity index (χ1v) is 6.07. The number of carboxylic acid groups (broad SMARTS) is 1. The number of hydrogen-bond donors (Lipinski definition) is 3. The summed E-state index contributed by atoms with van der Waals surface area (Å²) in [6.07, 6.45) is 1.75. The second kappa shape index (κ2) is 6.69. The summed E-state index contributed by atoms with van der Waals surface area (Å²) in [7, 11) is 1.22. The van der Waals surface area contributed by atoms with Crippen LogP contribution in [0.1, 0.15) is 41.2 Å². The van der Waals surface area contributed by atoms with E-state index in [1.807, 2.05) is 6.92 Å². The molecule has 2 unspecified atom stereocenters.